The van der Waals surface area contributed by atoms with E-state index in [-0.39, 0.29) is 0 Å². The van der Waals surface area contributed by atoms with Crippen molar-refractivity contribution in [3.63, 3.8) is 0 Å². The third kappa shape index (κ3) is 1.91. The maximum Gasteiger partial charge on any atom is 0.152 e. The van der Waals surface area contributed by atoms with Crippen LogP contribution < -0.4 is 10.2 Å². The van der Waals surface area contributed by atoms with E-state index in [0.29, 0.717) is 0 Å². The molecule has 3 nitrogen and oxygen atoms in total. The van der Waals surface area contributed by atoms with Crippen molar-refractivity contribution < 1.29 is 0 Å². The van der Waals surface area contributed by atoms with Crippen LogP contribution in [0.4, 0.5) is 11.5 Å². The summed E-state index contributed by atoms with van der Waals surface area (Å²) in [6, 6.07) is 2.05. The van der Waals surface area contributed by atoms with Crippen molar-refractivity contribution >= 4 is 11.5 Å². The van der Waals surface area contributed by atoms with E-state index >= 15 is 0 Å². The quantitative estimate of drug-likeness (QED) is 0.803. The summed E-state index contributed by atoms with van der Waals surface area (Å²) < 4.78 is 0. The lowest BCUT2D eigenvalue weighted by atomic mass is 10.2. The van der Waals surface area contributed by atoms with Crippen molar-refractivity contribution in [3.05, 3.63) is 17.8 Å². The minimum Gasteiger partial charge on any atom is -0.385 e. The van der Waals surface area contributed by atoms with Crippen LogP contribution in [0.3, 0.4) is 0 Å². The summed E-state index contributed by atoms with van der Waals surface area (Å²) in [5, 5.41) is 3.25. The van der Waals surface area contributed by atoms with Gasteiger partial charge in [0.1, 0.15) is 0 Å². The number of aryl methyl sites for hydroxylation is 1. The lowest BCUT2D eigenvalue weighted by molar-refractivity contribution is 0.659. The zero-order valence-corrected chi connectivity index (χ0v) is 9.75. The maximum absolute atomic E-state index is 4.49. The van der Waals surface area contributed by atoms with Gasteiger partial charge in [0.05, 0.1) is 5.69 Å². The molecule has 1 saturated heterocycles. The highest BCUT2D eigenvalue weighted by Crippen LogP contribution is 2.30. The number of pyridine rings is 1. The summed E-state index contributed by atoms with van der Waals surface area (Å²) in [5.41, 5.74) is 2.44. The number of anilines is 2. The Bertz CT molecular complexity index is 349. The van der Waals surface area contributed by atoms with Gasteiger partial charge in [-0.15, -0.1) is 0 Å². The Labute approximate surface area is 91.5 Å². The molecule has 0 unspecified atom stereocenters. The first-order valence-corrected chi connectivity index (χ1v) is 5.60. The van der Waals surface area contributed by atoms with Crippen molar-refractivity contribution in [2.75, 3.05) is 30.4 Å². The highest BCUT2D eigenvalue weighted by Gasteiger charge is 2.22. The molecule has 1 atom stereocenters. The van der Waals surface area contributed by atoms with Gasteiger partial charge in [-0.2, -0.15) is 0 Å². The van der Waals surface area contributed by atoms with Gasteiger partial charge in [0.2, 0.25) is 0 Å². The third-order valence-electron chi connectivity index (χ3n) is 3.11. The van der Waals surface area contributed by atoms with E-state index in [1.54, 1.807) is 0 Å². The van der Waals surface area contributed by atoms with Gasteiger partial charge < -0.3 is 10.2 Å². The van der Waals surface area contributed by atoms with Gasteiger partial charge in [0.15, 0.2) is 5.82 Å². The molecule has 0 saturated carbocycles. The van der Waals surface area contributed by atoms with Crippen LogP contribution in [-0.4, -0.2) is 25.1 Å². The minimum absolute atomic E-state index is 0.789. The SMILES string of the molecule is CNc1c(C)ccnc1N1CC[C@@H](C)C1. The molecule has 3 heteroatoms. The Morgan fingerprint density at radius 3 is 2.93 bits per heavy atom. The highest BCUT2D eigenvalue weighted by atomic mass is 15.2. The Kier molecular flexibility index (Phi) is 2.80. The highest BCUT2D eigenvalue weighted by molar-refractivity contribution is 5.69. The Hall–Kier alpha value is -1.25. The fourth-order valence-electron chi connectivity index (χ4n) is 2.22. The normalized spacial score (nSPS) is 20.7. The van der Waals surface area contributed by atoms with Crippen LogP contribution in [0.15, 0.2) is 12.3 Å². The number of nitrogens with one attached hydrogen (secondary N) is 1. The van der Waals surface area contributed by atoms with E-state index in [2.05, 4.69) is 35.1 Å². The van der Waals surface area contributed by atoms with Gasteiger partial charge in [-0.1, -0.05) is 6.92 Å². The van der Waals surface area contributed by atoms with E-state index in [0.717, 1.165) is 24.8 Å². The molecule has 0 radical (unpaired) electrons. The van der Waals surface area contributed by atoms with E-state index in [1.165, 1.54) is 17.7 Å². The van der Waals surface area contributed by atoms with Crippen molar-refractivity contribution in [3.8, 4) is 0 Å². The molecule has 1 aromatic heterocycles. The van der Waals surface area contributed by atoms with Gasteiger partial charge in [-0.3, -0.25) is 0 Å². The predicted octanol–water partition coefficient (Wildman–Crippen LogP) is 2.28. The Morgan fingerprint density at radius 2 is 2.33 bits per heavy atom. The first-order valence-electron chi connectivity index (χ1n) is 5.60. The molecular weight excluding hydrogens is 186 g/mol. The van der Waals surface area contributed by atoms with Crippen LogP contribution in [0.25, 0.3) is 0 Å². The summed E-state index contributed by atoms with van der Waals surface area (Å²) in [4.78, 5) is 6.87. The first-order chi connectivity index (χ1) is 7.22. The van der Waals surface area contributed by atoms with Gasteiger partial charge in [-0.25, -0.2) is 4.98 Å². The van der Waals surface area contributed by atoms with Crippen LogP contribution in [-0.2, 0) is 0 Å². The molecule has 15 heavy (non-hydrogen) atoms. The molecule has 1 aliphatic heterocycles. The maximum atomic E-state index is 4.49. The van der Waals surface area contributed by atoms with E-state index in [4.69, 9.17) is 0 Å². The average Bonchev–Trinajstić information content (AvgIpc) is 2.64. The van der Waals surface area contributed by atoms with Gasteiger partial charge in [0.25, 0.3) is 0 Å². The van der Waals surface area contributed by atoms with Crippen molar-refractivity contribution in [1.29, 1.82) is 0 Å². The van der Waals surface area contributed by atoms with Crippen LogP contribution in [0.2, 0.25) is 0 Å². The van der Waals surface area contributed by atoms with Crippen LogP contribution in [0.1, 0.15) is 18.9 Å². The largest absolute Gasteiger partial charge is 0.385 e. The molecule has 1 aromatic rings. The molecular formula is C12H19N3. The van der Waals surface area contributed by atoms with Crippen LogP contribution in [0.5, 0.6) is 0 Å². The van der Waals surface area contributed by atoms with Crippen LogP contribution in [0, 0.1) is 12.8 Å². The molecule has 0 amide bonds. The molecule has 82 valence electrons. The first kappa shape index (κ1) is 10.3. The molecule has 0 aliphatic carbocycles. The molecule has 1 N–H and O–H groups in total. The number of rotatable bonds is 2. The molecule has 0 aromatic carbocycles. The summed E-state index contributed by atoms with van der Waals surface area (Å²) in [7, 11) is 1.97. The zero-order chi connectivity index (χ0) is 10.8. The van der Waals surface area contributed by atoms with Crippen molar-refractivity contribution in [1.82, 2.24) is 4.98 Å². The number of aromatic nitrogens is 1. The minimum atomic E-state index is 0.789. The second kappa shape index (κ2) is 4.09. The number of hydrogen-bond donors (Lipinski definition) is 1. The van der Waals surface area contributed by atoms with Gasteiger partial charge in [0, 0.05) is 26.3 Å². The Balaban J connectivity index is 2.31. The Morgan fingerprint density at radius 1 is 1.53 bits per heavy atom. The second-order valence-corrected chi connectivity index (χ2v) is 4.42. The molecule has 2 heterocycles. The lowest BCUT2D eigenvalue weighted by Gasteiger charge is -2.21. The fraction of sp³-hybridized carbons (Fsp3) is 0.583. The van der Waals surface area contributed by atoms with Crippen molar-refractivity contribution in [2.24, 2.45) is 5.92 Å². The molecule has 1 fully saturated rings. The molecule has 1 aliphatic rings. The standard InChI is InChI=1S/C12H19N3/c1-9-5-7-15(8-9)12-11(13-3)10(2)4-6-14-12/h4,6,9,13H,5,7-8H2,1-3H3/t9-/m1/s1. The second-order valence-electron chi connectivity index (χ2n) is 4.42. The number of nitrogens with zero attached hydrogens (tertiary/aromatic N) is 2. The van der Waals surface area contributed by atoms with Gasteiger partial charge in [-0.05, 0) is 30.9 Å². The van der Waals surface area contributed by atoms with Crippen molar-refractivity contribution in [2.45, 2.75) is 20.3 Å². The molecule has 2 rings (SSSR count). The van der Waals surface area contributed by atoms with E-state index < -0.39 is 0 Å². The predicted molar refractivity (Wildman–Crippen MR) is 64.5 cm³/mol. The summed E-state index contributed by atoms with van der Waals surface area (Å²) in [5.74, 6) is 1.90. The topological polar surface area (TPSA) is 28.2 Å². The third-order valence-corrected chi connectivity index (χ3v) is 3.11. The summed E-state index contributed by atoms with van der Waals surface area (Å²) in [6.07, 6.45) is 3.17. The zero-order valence-electron chi connectivity index (χ0n) is 9.75. The lowest BCUT2D eigenvalue weighted by Crippen LogP contribution is -2.21. The fourth-order valence-corrected chi connectivity index (χ4v) is 2.22. The summed E-state index contributed by atoms with van der Waals surface area (Å²) >= 11 is 0. The van der Waals surface area contributed by atoms with E-state index in [1.807, 2.05) is 13.2 Å². The van der Waals surface area contributed by atoms with Gasteiger partial charge >= 0.3 is 0 Å². The van der Waals surface area contributed by atoms with E-state index in [9.17, 15) is 0 Å². The monoisotopic (exact) mass is 205 g/mol. The van der Waals surface area contributed by atoms with Crippen LogP contribution >= 0.6 is 0 Å². The summed E-state index contributed by atoms with van der Waals surface area (Å²) in [6.45, 7) is 6.68. The number of hydrogen-bond acceptors (Lipinski definition) is 3. The molecule has 0 bridgehead atoms. The molecule has 0 spiro atoms. The smallest absolute Gasteiger partial charge is 0.152 e. The average molecular weight is 205 g/mol.